The maximum absolute atomic E-state index is 12.9. The lowest BCUT2D eigenvalue weighted by Gasteiger charge is -2.16. The highest BCUT2D eigenvalue weighted by molar-refractivity contribution is 5.78. The third kappa shape index (κ3) is 4.83. The lowest BCUT2D eigenvalue weighted by atomic mass is 10.1. The molecule has 6 nitrogen and oxygen atoms in total. The fourth-order valence-electron chi connectivity index (χ4n) is 3.03. The summed E-state index contributed by atoms with van der Waals surface area (Å²) in [6.45, 7) is 1.04. The second kappa shape index (κ2) is 9.47. The van der Waals surface area contributed by atoms with Crippen molar-refractivity contribution in [3.8, 4) is 17.3 Å². The lowest BCUT2D eigenvalue weighted by Crippen LogP contribution is -2.26. The fraction of sp³-hybridized carbons (Fsp3) is 0.273. The molecule has 1 aliphatic rings. The van der Waals surface area contributed by atoms with Gasteiger partial charge in [-0.05, 0) is 30.4 Å². The maximum Gasteiger partial charge on any atom is 0.255 e. The largest absolute Gasteiger partial charge is 0.356 e. The van der Waals surface area contributed by atoms with Crippen LogP contribution in [-0.4, -0.2) is 22.3 Å². The normalized spacial score (nSPS) is 12.9. The van der Waals surface area contributed by atoms with Gasteiger partial charge in [-0.1, -0.05) is 42.5 Å². The van der Waals surface area contributed by atoms with E-state index in [2.05, 4.69) is 34.6 Å². The zero-order valence-electron chi connectivity index (χ0n) is 15.7. The van der Waals surface area contributed by atoms with Crippen molar-refractivity contribution in [2.24, 2.45) is 0 Å². The molecule has 0 radical (unpaired) electrons. The molecule has 0 amide bonds. The number of allylic oxidation sites excluding steroid dienone is 4. The second-order valence-corrected chi connectivity index (χ2v) is 6.60. The number of rotatable bonds is 8. The highest BCUT2D eigenvalue weighted by Gasteiger charge is 2.12. The number of nitrogens with zero attached hydrogens (tertiary/aromatic N) is 3. The summed E-state index contributed by atoms with van der Waals surface area (Å²) in [5, 5.41) is 19.3. The lowest BCUT2D eigenvalue weighted by molar-refractivity contribution is 0.728. The Hall–Kier alpha value is -3.46. The van der Waals surface area contributed by atoms with Gasteiger partial charge in [-0.3, -0.25) is 9.36 Å². The number of unbranched alkanes of at least 4 members (excludes halogenated alkanes) is 1. The number of aromatic nitrogens is 2. The number of benzene rings is 1. The summed E-state index contributed by atoms with van der Waals surface area (Å²) in [5.41, 5.74) is 3.19. The van der Waals surface area contributed by atoms with Crippen LogP contribution in [-0.2, 0) is 6.54 Å². The first-order chi connectivity index (χ1) is 13.7. The van der Waals surface area contributed by atoms with E-state index in [1.807, 2.05) is 24.3 Å². The minimum atomic E-state index is -0.121. The molecule has 0 saturated carbocycles. The molecule has 0 aliphatic heterocycles. The van der Waals surface area contributed by atoms with Crippen LogP contribution in [0.3, 0.4) is 0 Å². The quantitative estimate of drug-likeness (QED) is 0.542. The van der Waals surface area contributed by atoms with Crippen molar-refractivity contribution in [2.75, 3.05) is 11.9 Å². The Kier molecular flexibility index (Phi) is 6.53. The van der Waals surface area contributed by atoms with Gasteiger partial charge < -0.3 is 10.7 Å². The van der Waals surface area contributed by atoms with Crippen LogP contribution in [0.4, 0.5) is 5.95 Å². The molecule has 0 spiro atoms. The third-order valence-electron chi connectivity index (χ3n) is 4.54. The third-order valence-corrected chi connectivity index (χ3v) is 4.54. The zero-order chi connectivity index (χ0) is 19.8. The number of hydrogen-bond acceptors (Lipinski definition) is 5. The maximum atomic E-state index is 12.9. The van der Waals surface area contributed by atoms with Gasteiger partial charge in [0.2, 0.25) is 5.95 Å². The molecule has 2 N–H and O–H groups in total. The summed E-state index contributed by atoms with van der Waals surface area (Å²) in [6.07, 6.45) is 10.8. The van der Waals surface area contributed by atoms with Gasteiger partial charge in [0.15, 0.2) is 0 Å². The molecule has 3 rings (SSSR count). The Bertz CT molecular complexity index is 993. The van der Waals surface area contributed by atoms with Crippen LogP contribution in [0.2, 0.25) is 0 Å². The molecule has 1 aromatic heterocycles. The average molecular weight is 373 g/mol. The Balaban J connectivity index is 1.94. The van der Waals surface area contributed by atoms with E-state index in [4.69, 9.17) is 10.7 Å². The second-order valence-electron chi connectivity index (χ2n) is 6.60. The fourth-order valence-corrected chi connectivity index (χ4v) is 3.03. The zero-order valence-corrected chi connectivity index (χ0v) is 15.7. The number of nitriles is 1. The van der Waals surface area contributed by atoms with Gasteiger partial charge in [0, 0.05) is 30.8 Å². The molecule has 0 bridgehead atoms. The molecule has 1 heterocycles. The average Bonchev–Trinajstić information content (AvgIpc) is 2.74. The van der Waals surface area contributed by atoms with Crippen LogP contribution in [0.1, 0.15) is 31.2 Å². The summed E-state index contributed by atoms with van der Waals surface area (Å²) < 4.78 is 1.64. The van der Waals surface area contributed by atoms with Gasteiger partial charge in [-0.2, -0.15) is 5.26 Å². The van der Waals surface area contributed by atoms with E-state index in [9.17, 15) is 4.79 Å². The molecule has 1 aromatic carbocycles. The van der Waals surface area contributed by atoms with Crippen molar-refractivity contribution in [3.05, 3.63) is 70.1 Å². The minimum absolute atomic E-state index is 0.121. The van der Waals surface area contributed by atoms with Crippen LogP contribution in [0, 0.1) is 16.7 Å². The van der Waals surface area contributed by atoms with Gasteiger partial charge in [0.05, 0.1) is 18.3 Å². The van der Waals surface area contributed by atoms with E-state index < -0.39 is 0 Å². The Morgan fingerprint density at radius 2 is 2.11 bits per heavy atom. The Morgan fingerprint density at radius 1 is 1.29 bits per heavy atom. The number of hydrogen-bond donors (Lipinski definition) is 2. The Labute approximate surface area is 164 Å². The molecule has 0 fully saturated rings. The van der Waals surface area contributed by atoms with Crippen LogP contribution < -0.4 is 10.9 Å². The summed E-state index contributed by atoms with van der Waals surface area (Å²) in [6, 6.07) is 11.0. The smallest absolute Gasteiger partial charge is 0.255 e. The molecule has 1 aliphatic carbocycles. The molecular weight excluding hydrogens is 350 g/mol. The van der Waals surface area contributed by atoms with E-state index in [0.29, 0.717) is 37.6 Å². The van der Waals surface area contributed by atoms with Crippen molar-refractivity contribution < 1.29 is 0 Å². The first kappa shape index (κ1) is 19.3. The van der Waals surface area contributed by atoms with Crippen LogP contribution in [0.15, 0.2) is 58.9 Å². The van der Waals surface area contributed by atoms with Gasteiger partial charge >= 0.3 is 0 Å². The van der Waals surface area contributed by atoms with E-state index >= 15 is 0 Å². The molecule has 0 saturated heterocycles. The van der Waals surface area contributed by atoms with Gasteiger partial charge in [0.1, 0.15) is 0 Å². The van der Waals surface area contributed by atoms with Crippen molar-refractivity contribution >= 4 is 12.2 Å². The van der Waals surface area contributed by atoms with Crippen molar-refractivity contribution in [1.29, 1.82) is 10.7 Å². The van der Waals surface area contributed by atoms with Gasteiger partial charge in [-0.25, -0.2) is 4.98 Å². The van der Waals surface area contributed by atoms with E-state index in [0.717, 1.165) is 29.5 Å². The first-order valence-electron chi connectivity index (χ1n) is 9.40. The van der Waals surface area contributed by atoms with Crippen LogP contribution >= 0.6 is 0 Å². The first-order valence-corrected chi connectivity index (χ1v) is 9.40. The molecule has 142 valence electrons. The molecular formula is C22H23N5O. The molecule has 2 aromatic rings. The van der Waals surface area contributed by atoms with Crippen molar-refractivity contribution in [1.82, 2.24) is 9.55 Å². The minimum Gasteiger partial charge on any atom is -0.356 e. The predicted molar refractivity (Wildman–Crippen MR) is 112 cm³/mol. The monoisotopic (exact) mass is 373 g/mol. The van der Waals surface area contributed by atoms with E-state index in [1.54, 1.807) is 10.6 Å². The van der Waals surface area contributed by atoms with Crippen LogP contribution in [0.5, 0.6) is 0 Å². The SMILES string of the molecule is N#CCCCNc1nc(-c2ccc(C=N)cc2)cc(=O)n1CC1=CCCC=C1. The van der Waals surface area contributed by atoms with Gasteiger partial charge in [-0.15, -0.1) is 0 Å². The summed E-state index contributed by atoms with van der Waals surface area (Å²) in [7, 11) is 0. The molecule has 6 heteroatoms. The topological polar surface area (TPSA) is 94.6 Å². The standard InChI is InChI=1S/C22H23N5O/c23-12-4-5-13-25-22-26-20(19-10-8-17(15-24)9-11-19)14-21(28)27(22)16-18-6-2-1-3-7-18/h2,6-11,14-15,24H,1,3-5,13,16H2,(H,25,26). The highest BCUT2D eigenvalue weighted by atomic mass is 16.1. The summed E-state index contributed by atoms with van der Waals surface area (Å²) in [4.78, 5) is 17.5. The van der Waals surface area contributed by atoms with Crippen molar-refractivity contribution in [2.45, 2.75) is 32.2 Å². The van der Waals surface area contributed by atoms with Crippen LogP contribution in [0.25, 0.3) is 11.3 Å². The predicted octanol–water partition coefficient (Wildman–Crippen LogP) is 3.90. The number of anilines is 1. The number of nitrogens with one attached hydrogen (secondary N) is 2. The van der Waals surface area contributed by atoms with Gasteiger partial charge in [0.25, 0.3) is 5.56 Å². The highest BCUT2D eigenvalue weighted by Crippen LogP contribution is 2.19. The van der Waals surface area contributed by atoms with E-state index in [1.165, 1.54) is 6.21 Å². The molecule has 0 unspecified atom stereocenters. The Morgan fingerprint density at radius 3 is 2.79 bits per heavy atom. The molecule has 0 atom stereocenters. The molecule has 28 heavy (non-hydrogen) atoms. The summed E-state index contributed by atoms with van der Waals surface area (Å²) >= 11 is 0. The van der Waals surface area contributed by atoms with E-state index in [-0.39, 0.29) is 5.56 Å². The summed E-state index contributed by atoms with van der Waals surface area (Å²) in [5.74, 6) is 0.511. The van der Waals surface area contributed by atoms with Crippen molar-refractivity contribution in [3.63, 3.8) is 0 Å².